The number of hydrogen-bond donors (Lipinski definition) is 1. The molecule has 0 radical (unpaired) electrons. The van der Waals surface area contributed by atoms with E-state index in [0.29, 0.717) is 45.7 Å². The summed E-state index contributed by atoms with van der Waals surface area (Å²) >= 11 is 0. The van der Waals surface area contributed by atoms with E-state index >= 15 is 0 Å². The Labute approximate surface area is 123 Å². The summed E-state index contributed by atoms with van der Waals surface area (Å²) in [4.78, 5) is 30.6. The van der Waals surface area contributed by atoms with Gasteiger partial charge in [0.05, 0.1) is 13.2 Å². The van der Waals surface area contributed by atoms with Gasteiger partial charge in [0.2, 0.25) is 11.8 Å². The van der Waals surface area contributed by atoms with Crippen LogP contribution in [0.2, 0.25) is 0 Å². The summed E-state index contributed by atoms with van der Waals surface area (Å²) in [5.74, 6) is -0.200. The van der Waals surface area contributed by atoms with Gasteiger partial charge in [-0.15, -0.1) is 0 Å². The summed E-state index contributed by atoms with van der Waals surface area (Å²) in [5.41, 5.74) is 0.151. The summed E-state index contributed by atoms with van der Waals surface area (Å²) in [6, 6.07) is 3.70. The minimum absolute atomic E-state index is 0.0435. The van der Waals surface area contributed by atoms with Crippen LogP contribution in [0.4, 0.5) is 0 Å². The molecule has 1 aliphatic carbocycles. The first-order valence-corrected chi connectivity index (χ1v) is 7.27. The van der Waals surface area contributed by atoms with E-state index in [0.717, 1.165) is 5.56 Å². The van der Waals surface area contributed by atoms with Crippen molar-refractivity contribution in [2.45, 2.75) is 19.4 Å². The van der Waals surface area contributed by atoms with E-state index in [9.17, 15) is 9.59 Å². The molecule has 6 nitrogen and oxygen atoms in total. The van der Waals surface area contributed by atoms with Crippen molar-refractivity contribution in [3.63, 3.8) is 0 Å². The number of nitrogens with one attached hydrogen (secondary N) is 1. The molecule has 0 spiro atoms. The van der Waals surface area contributed by atoms with E-state index in [4.69, 9.17) is 4.74 Å². The number of amides is 2. The lowest BCUT2D eigenvalue weighted by molar-refractivity contribution is -0.147. The van der Waals surface area contributed by atoms with Crippen LogP contribution in [0, 0.1) is 5.41 Å². The third-order valence-corrected chi connectivity index (χ3v) is 4.09. The van der Waals surface area contributed by atoms with Crippen molar-refractivity contribution in [2.75, 3.05) is 26.3 Å². The Kier molecular flexibility index (Phi) is 3.88. The normalized spacial score (nSPS) is 19.9. The Morgan fingerprint density at radius 2 is 1.90 bits per heavy atom. The highest BCUT2D eigenvalue weighted by Gasteiger charge is 2.57. The number of carbonyl (C=O) groups is 2. The molecule has 1 aromatic rings. The number of ether oxygens (including phenoxy) is 1. The van der Waals surface area contributed by atoms with Crippen molar-refractivity contribution in [3.8, 4) is 0 Å². The third kappa shape index (κ3) is 2.90. The number of morpholine rings is 1. The number of nitrogens with zero attached hydrogens (tertiary/aromatic N) is 2. The van der Waals surface area contributed by atoms with Gasteiger partial charge in [0.15, 0.2) is 0 Å². The van der Waals surface area contributed by atoms with Crippen molar-refractivity contribution in [2.24, 2.45) is 5.41 Å². The van der Waals surface area contributed by atoms with E-state index in [1.54, 1.807) is 17.3 Å². The van der Waals surface area contributed by atoms with Crippen molar-refractivity contribution in [1.82, 2.24) is 15.2 Å². The smallest absolute Gasteiger partial charge is 0.238 e. The van der Waals surface area contributed by atoms with E-state index in [1.165, 1.54) is 0 Å². The molecule has 1 aromatic heterocycles. The molecule has 0 unspecified atom stereocenters. The molecule has 2 amide bonds. The van der Waals surface area contributed by atoms with Crippen LogP contribution >= 0.6 is 0 Å². The van der Waals surface area contributed by atoms with Crippen LogP contribution in [0.5, 0.6) is 0 Å². The number of aromatic nitrogens is 1. The second kappa shape index (κ2) is 5.81. The van der Waals surface area contributed by atoms with E-state index in [-0.39, 0.29) is 11.8 Å². The Balaban J connectivity index is 1.59. The fourth-order valence-corrected chi connectivity index (χ4v) is 2.58. The van der Waals surface area contributed by atoms with Gasteiger partial charge in [-0.25, -0.2) is 0 Å². The predicted octanol–water partition coefficient (Wildman–Crippen LogP) is 0.337. The lowest BCUT2D eigenvalue weighted by atomic mass is 10.0. The number of hydrogen-bond acceptors (Lipinski definition) is 4. The number of rotatable bonds is 4. The monoisotopic (exact) mass is 289 g/mol. The van der Waals surface area contributed by atoms with Gasteiger partial charge in [-0.2, -0.15) is 0 Å². The first-order valence-electron chi connectivity index (χ1n) is 7.27. The number of pyridine rings is 1. The SMILES string of the molecule is O=C(NCc1ccncc1)C1(C(=O)N2CCOCC2)CC1. The molecule has 0 bridgehead atoms. The highest BCUT2D eigenvalue weighted by molar-refractivity contribution is 6.07. The van der Waals surface area contributed by atoms with E-state index < -0.39 is 5.41 Å². The largest absolute Gasteiger partial charge is 0.378 e. The molecule has 0 aromatic carbocycles. The minimum Gasteiger partial charge on any atom is -0.378 e. The summed E-state index contributed by atoms with van der Waals surface area (Å²) in [5, 5.41) is 2.88. The molecule has 3 rings (SSSR count). The van der Waals surface area contributed by atoms with Crippen LogP contribution in [0.1, 0.15) is 18.4 Å². The summed E-state index contributed by atoms with van der Waals surface area (Å²) in [6.07, 6.45) is 4.66. The quantitative estimate of drug-likeness (QED) is 0.811. The van der Waals surface area contributed by atoms with Crippen molar-refractivity contribution in [3.05, 3.63) is 30.1 Å². The van der Waals surface area contributed by atoms with Gasteiger partial charge in [0, 0.05) is 32.0 Å². The van der Waals surface area contributed by atoms with Gasteiger partial charge in [-0.3, -0.25) is 14.6 Å². The fourth-order valence-electron chi connectivity index (χ4n) is 2.58. The maximum Gasteiger partial charge on any atom is 0.238 e. The zero-order valence-electron chi connectivity index (χ0n) is 11.9. The molecule has 2 fully saturated rings. The molecular weight excluding hydrogens is 270 g/mol. The summed E-state index contributed by atoms with van der Waals surface area (Å²) in [6.45, 7) is 2.71. The maximum absolute atomic E-state index is 12.5. The molecule has 2 aliphatic rings. The Morgan fingerprint density at radius 1 is 1.24 bits per heavy atom. The van der Waals surface area contributed by atoms with Gasteiger partial charge in [0.25, 0.3) is 0 Å². The van der Waals surface area contributed by atoms with E-state index in [2.05, 4.69) is 10.3 Å². The second-order valence-corrected chi connectivity index (χ2v) is 5.52. The van der Waals surface area contributed by atoms with Gasteiger partial charge < -0.3 is 15.0 Å². The third-order valence-electron chi connectivity index (χ3n) is 4.09. The second-order valence-electron chi connectivity index (χ2n) is 5.52. The molecule has 1 saturated heterocycles. The lowest BCUT2D eigenvalue weighted by Crippen LogP contribution is -2.49. The van der Waals surface area contributed by atoms with Crippen LogP contribution in [-0.4, -0.2) is 48.0 Å². The molecule has 6 heteroatoms. The molecule has 1 aliphatic heterocycles. The molecule has 1 N–H and O–H groups in total. The lowest BCUT2D eigenvalue weighted by Gasteiger charge is -2.30. The topological polar surface area (TPSA) is 71.5 Å². The van der Waals surface area contributed by atoms with Gasteiger partial charge in [-0.05, 0) is 30.5 Å². The first-order chi connectivity index (χ1) is 10.2. The Morgan fingerprint density at radius 3 is 2.52 bits per heavy atom. The zero-order chi connectivity index (χ0) is 14.7. The minimum atomic E-state index is -0.829. The summed E-state index contributed by atoms with van der Waals surface area (Å²) < 4.78 is 5.25. The van der Waals surface area contributed by atoms with Crippen LogP contribution < -0.4 is 5.32 Å². The van der Waals surface area contributed by atoms with Gasteiger partial charge in [-0.1, -0.05) is 0 Å². The van der Waals surface area contributed by atoms with E-state index in [1.807, 2.05) is 12.1 Å². The average Bonchev–Trinajstić information content (AvgIpc) is 3.35. The van der Waals surface area contributed by atoms with Crippen LogP contribution in [0.15, 0.2) is 24.5 Å². The van der Waals surface area contributed by atoms with Crippen molar-refractivity contribution >= 4 is 11.8 Å². The molecule has 1 saturated carbocycles. The fraction of sp³-hybridized carbons (Fsp3) is 0.533. The predicted molar refractivity (Wildman–Crippen MR) is 75.1 cm³/mol. The molecular formula is C15H19N3O3. The molecule has 0 atom stereocenters. The van der Waals surface area contributed by atoms with Crippen molar-refractivity contribution in [1.29, 1.82) is 0 Å². The molecule has 112 valence electrons. The highest BCUT2D eigenvalue weighted by Crippen LogP contribution is 2.47. The van der Waals surface area contributed by atoms with Crippen molar-refractivity contribution < 1.29 is 14.3 Å². The Hall–Kier alpha value is -1.95. The molecule has 2 heterocycles. The summed E-state index contributed by atoms with van der Waals surface area (Å²) in [7, 11) is 0. The first kappa shape index (κ1) is 14.0. The van der Waals surface area contributed by atoms with Crippen LogP contribution in [0.3, 0.4) is 0 Å². The Bertz CT molecular complexity index is 522. The maximum atomic E-state index is 12.5. The highest BCUT2D eigenvalue weighted by atomic mass is 16.5. The standard InChI is InChI=1S/C15H19N3O3/c19-13(17-11-12-1-5-16-6-2-12)15(3-4-15)14(20)18-7-9-21-10-8-18/h1-2,5-6H,3-4,7-11H2,(H,17,19). The van der Waals surface area contributed by atoms with Gasteiger partial charge >= 0.3 is 0 Å². The van der Waals surface area contributed by atoms with Crippen LogP contribution in [0.25, 0.3) is 0 Å². The average molecular weight is 289 g/mol. The van der Waals surface area contributed by atoms with Gasteiger partial charge in [0.1, 0.15) is 5.41 Å². The molecule has 21 heavy (non-hydrogen) atoms. The van der Waals surface area contributed by atoms with Crippen LogP contribution in [-0.2, 0) is 20.9 Å². The zero-order valence-corrected chi connectivity index (χ0v) is 11.9. The number of carbonyl (C=O) groups excluding carboxylic acids is 2.